The largest absolute Gasteiger partial charge is 0.255 e. The van der Waals surface area contributed by atoms with Crippen molar-refractivity contribution in [3.8, 4) is 0 Å². The molecule has 74 valence electrons. The SMILES string of the molecule is CCNN1CCCCC1C(C)C.[Zn]. The van der Waals surface area contributed by atoms with Crippen LogP contribution in [0.15, 0.2) is 0 Å². The molecule has 0 bridgehead atoms. The number of nitrogens with one attached hydrogen (secondary N) is 1. The molecule has 0 saturated carbocycles. The molecule has 0 aliphatic carbocycles. The van der Waals surface area contributed by atoms with Crippen molar-refractivity contribution in [3.05, 3.63) is 0 Å². The molecular formula is C10H22N2Zn. The fourth-order valence-corrected chi connectivity index (χ4v) is 2.05. The fourth-order valence-electron chi connectivity index (χ4n) is 2.05. The van der Waals surface area contributed by atoms with Gasteiger partial charge in [0.1, 0.15) is 0 Å². The van der Waals surface area contributed by atoms with E-state index in [1.807, 2.05) is 0 Å². The van der Waals surface area contributed by atoms with Crippen LogP contribution >= 0.6 is 0 Å². The van der Waals surface area contributed by atoms with Crippen molar-refractivity contribution in [1.29, 1.82) is 0 Å². The third-order valence-corrected chi connectivity index (χ3v) is 2.68. The molecule has 0 aromatic heterocycles. The molecule has 2 nitrogen and oxygen atoms in total. The van der Waals surface area contributed by atoms with Crippen LogP contribution in [0.1, 0.15) is 40.0 Å². The zero-order valence-corrected chi connectivity index (χ0v) is 12.3. The molecule has 0 radical (unpaired) electrons. The monoisotopic (exact) mass is 234 g/mol. The predicted molar refractivity (Wildman–Crippen MR) is 52.9 cm³/mol. The fraction of sp³-hybridized carbons (Fsp3) is 1.00. The topological polar surface area (TPSA) is 15.3 Å². The second-order valence-electron chi connectivity index (χ2n) is 4.01. The van der Waals surface area contributed by atoms with E-state index >= 15 is 0 Å². The molecule has 1 aliphatic rings. The van der Waals surface area contributed by atoms with Crippen LogP contribution in [0.2, 0.25) is 0 Å². The summed E-state index contributed by atoms with van der Waals surface area (Å²) in [6.45, 7) is 9.10. The molecule has 1 fully saturated rings. The predicted octanol–water partition coefficient (Wildman–Crippen LogP) is 2.02. The Bertz CT molecular complexity index is 126. The van der Waals surface area contributed by atoms with Crippen molar-refractivity contribution in [2.75, 3.05) is 13.1 Å². The van der Waals surface area contributed by atoms with Crippen LogP contribution in [-0.2, 0) is 19.5 Å². The normalized spacial score (nSPS) is 24.5. The molecule has 3 heteroatoms. The third-order valence-electron chi connectivity index (χ3n) is 2.68. The minimum Gasteiger partial charge on any atom is -0.255 e. The van der Waals surface area contributed by atoms with Crippen molar-refractivity contribution in [3.63, 3.8) is 0 Å². The summed E-state index contributed by atoms with van der Waals surface area (Å²) in [4.78, 5) is 0. The Balaban J connectivity index is 0.00000144. The first-order valence-electron chi connectivity index (χ1n) is 5.25. The van der Waals surface area contributed by atoms with E-state index in [0.717, 1.165) is 18.5 Å². The molecule has 0 aromatic carbocycles. The molecule has 0 aromatic rings. The van der Waals surface area contributed by atoms with Gasteiger partial charge in [-0.05, 0) is 18.8 Å². The second kappa shape index (κ2) is 6.92. The van der Waals surface area contributed by atoms with Crippen molar-refractivity contribution in [2.45, 2.75) is 46.1 Å². The van der Waals surface area contributed by atoms with Gasteiger partial charge in [-0.1, -0.05) is 27.2 Å². The van der Waals surface area contributed by atoms with Crippen LogP contribution in [0.25, 0.3) is 0 Å². The molecule has 13 heavy (non-hydrogen) atoms. The summed E-state index contributed by atoms with van der Waals surface area (Å²) >= 11 is 0. The summed E-state index contributed by atoms with van der Waals surface area (Å²) in [6, 6.07) is 0.763. The van der Waals surface area contributed by atoms with Gasteiger partial charge in [0.25, 0.3) is 0 Å². The molecule has 0 spiro atoms. The van der Waals surface area contributed by atoms with Gasteiger partial charge in [0, 0.05) is 38.6 Å². The van der Waals surface area contributed by atoms with Crippen molar-refractivity contribution in [2.24, 2.45) is 5.92 Å². The van der Waals surface area contributed by atoms with Crippen LogP contribution in [-0.4, -0.2) is 24.1 Å². The molecule has 1 rings (SSSR count). The van der Waals surface area contributed by atoms with Crippen LogP contribution in [0.4, 0.5) is 0 Å². The average molecular weight is 236 g/mol. The van der Waals surface area contributed by atoms with Crippen molar-refractivity contribution < 1.29 is 19.5 Å². The molecule has 1 aliphatic heterocycles. The van der Waals surface area contributed by atoms with Crippen LogP contribution in [0.5, 0.6) is 0 Å². The summed E-state index contributed by atoms with van der Waals surface area (Å²) in [5, 5.41) is 2.44. The smallest absolute Gasteiger partial charge is 0.0266 e. The van der Waals surface area contributed by atoms with Gasteiger partial charge >= 0.3 is 0 Å². The summed E-state index contributed by atoms with van der Waals surface area (Å²) < 4.78 is 0. The summed E-state index contributed by atoms with van der Waals surface area (Å²) in [6.07, 6.45) is 4.13. The summed E-state index contributed by atoms with van der Waals surface area (Å²) in [5.74, 6) is 0.782. The van der Waals surface area contributed by atoms with E-state index < -0.39 is 0 Å². The first kappa shape index (κ1) is 13.5. The Kier molecular flexibility index (Phi) is 7.21. The zero-order valence-electron chi connectivity index (χ0n) is 9.34. The minimum atomic E-state index is 0. The average Bonchev–Trinajstić information content (AvgIpc) is 2.05. The number of hydrazine groups is 1. The first-order chi connectivity index (χ1) is 5.75. The Morgan fingerprint density at radius 2 is 2.08 bits per heavy atom. The molecule has 0 amide bonds. The number of hydrogen-bond acceptors (Lipinski definition) is 2. The van der Waals surface area contributed by atoms with Gasteiger partial charge in [0.15, 0.2) is 0 Å². The molecular weight excluding hydrogens is 214 g/mol. The van der Waals surface area contributed by atoms with E-state index in [4.69, 9.17) is 0 Å². The van der Waals surface area contributed by atoms with E-state index in [2.05, 4.69) is 31.2 Å². The second-order valence-corrected chi connectivity index (χ2v) is 4.01. The minimum absolute atomic E-state index is 0. The van der Waals surface area contributed by atoms with Crippen molar-refractivity contribution >= 4 is 0 Å². The van der Waals surface area contributed by atoms with E-state index in [0.29, 0.717) is 0 Å². The van der Waals surface area contributed by atoms with Crippen LogP contribution in [0.3, 0.4) is 0 Å². The van der Waals surface area contributed by atoms with E-state index in [1.165, 1.54) is 25.8 Å². The van der Waals surface area contributed by atoms with Crippen LogP contribution in [0, 0.1) is 5.92 Å². The van der Waals surface area contributed by atoms with Gasteiger partial charge < -0.3 is 0 Å². The van der Waals surface area contributed by atoms with Crippen LogP contribution < -0.4 is 5.43 Å². The Morgan fingerprint density at radius 3 is 2.62 bits per heavy atom. The van der Waals surface area contributed by atoms with Gasteiger partial charge in [-0.3, -0.25) is 5.43 Å². The van der Waals surface area contributed by atoms with Crippen molar-refractivity contribution in [1.82, 2.24) is 10.4 Å². The zero-order chi connectivity index (χ0) is 8.97. The maximum atomic E-state index is 3.45. The molecule has 1 N–H and O–H groups in total. The van der Waals surface area contributed by atoms with Gasteiger partial charge in [0.2, 0.25) is 0 Å². The molecule has 1 unspecified atom stereocenters. The van der Waals surface area contributed by atoms with E-state index in [-0.39, 0.29) is 19.5 Å². The van der Waals surface area contributed by atoms with E-state index in [1.54, 1.807) is 0 Å². The standard InChI is InChI=1S/C10H22N2.Zn/c1-4-11-12-8-6-5-7-10(12)9(2)3;/h9-11H,4-8H2,1-3H3;. The molecule has 1 saturated heterocycles. The maximum Gasteiger partial charge on any atom is 0.0266 e. The summed E-state index contributed by atoms with van der Waals surface area (Å²) in [7, 11) is 0. The Morgan fingerprint density at radius 1 is 1.38 bits per heavy atom. The van der Waals surface area contributed by atoms with E-state index in [9.17, 15) is 0 Å². The number of hydrogen-bond donors (Lipinski definition) is 1. The van der Waals surface area contributed by atoms with Gasteiger partial charge in [-0.2, -0.15) is 0 Å². The maximum absolute atomic E-state index is 3.45. The van der Waals surface area contributed by atoms with Gasteiger partial charge in [-0.25, -0.2) is 5.01 Å². The Labute approximate surface area is 95.2 Å². The first-order valence-corrected chi connectivity index (χ1v) is 5.25. The molecule has 1 heterocycles. The van der Waals surface area contributed by atoms with Gasteiger partial charge in [-0.15, -0.1) is 0 Å². The Hall–Kier alpha value is 0.543. The summed E-state index contributed by atoms with van der Waals surface area (Å²) in [5.41, 5.74) is 3.45. The third kappa shape index (κ3) is 4.06. The van der Waals surface area contributed by atoms with Gasteiger partial charge in [0.05, 0.1) is 0 Å². The number of nitrogens with zero attached hydrogens (tertiary/aromatic N) is 1. The number of rotatable bonds is 3. The number of piperidine rings is 1. The molecule has 1 atom stereocenters. The quantitative estimate of drug-likeness (QED) is 0.753.